The van der Waals surface area contributed by atoms with Gasteiger partial charge in [0.1, 0.15) is 11.9 Å². The van der Waals surface area contributed by atoms with E-state index in [-0.39, 0.29) is 23.4 Å². The van der Waals surface area contributed by atoms with E-state index in [1.54, 1.807) is 13.0 Å². The number of hydrogen-bond acceptors (Lipinski definition) is 4. The smallest absolute Gasteiger partial charge is 0.243 e. The molecule has 3 aromatic carbocycles. The molecule has 0 aliphatic carbocycles. The van der Waals surface area contributed by atoms with Crippen molar-refractivity contribution in [2.45, 2.75) is 30.8 Å². The number of amides is 2. The van der Waals surface area contributed by atoms with E-state index >= 15 is 0 Å². The van der Waals surface area contributed by atoms with Crippen LogP contribution in [0.1, 0.15) is 18.1 Å². The summed E-state index contributed by atoms with van der Waals surface area (Å²) in [7, 11) is -2.75. The topological polar surface area (TPSA) is 86.8 Å². The van der Waals surface area contributed by atoms with Gasteiger partial charge < -0.3 is 10.2 Å². The molecule has 0 saturated carbocycles. The third-order valence-corrected chi connectivity index (χ3v) is 7.87. The van der Waals surface area contributed by atoms with Gasteiger partial charge in [-0.25, -0.2) is 12.8 Å². The molecule has 0 fully saturated rings. The summed E-state index contributed by atoms with van der Waals surface area (Å²) in [5.74, 6) is -1.59. The largest absolute Gasteiger partial charge is 0.355 e. The Bertz CT molecular complexity index is 1320. The van der Waals surface area contributed by atoms with Crippen LogP contribution in [0, 0.1) is 5.82 Å². The maximum Gasteiger partial charge on any atom is 0.243 e. The minimum atomic E-state index is -4.03. The van der Waals surface area contributed by atoms with Gasteiger partial charge in [0.2, 0.25) is 21.8 Å². The number of likely N-dealkylation sites (N-methyl/N-ethyl adjacent to an activating group) is 2. The summed E-state index contributed by atoms with van der Waals surface area (Å²) < 4.78 is 41.7. The van der Waals surface area contributed by atoms with E-state index in [0.29, 0.717) is 11.6 Å². The van der Waals surface area contributed by atoms with E-state index < -0.39 is 40.2 Å². The van der Waals surface area contributed by atoms with Crippen LogP contribution in [-0.2, 0) is 32.6 Å². The second-order valence-electron chi connectivity index (χ2n) is 8.43. The summed E-state index contributed by atoms with van der Waals surface area (Å²) in [6.45, 7) is 1.32. The van der Waals surface area contributed by atoms with Crippen molar-refractivity contribution in [3.63, 3.8) is 0 Å². The number of rotatable bonds is 11. The first-order valence-corrected chi connectivity index (χ1v) is 13.5. The van der Waals surface area contributed by atoms with E-state index in [9.17, 15) is 22.4 Å². The molecule has 0 unspecified atom stereocenters. The van der Waals surface area contributed by atoms with E-state index in [1.807, 2.05) is 30.3 Å². The first-order chi connectivity index (χ1) is 17.6. The number of carbonyl (C=O) groups is 2. The number of benzene rings is 3. The van der Waals surface area contributed by atoms with Crippen molar-refractivity contribution in [2.75, 3.05) is 20.1 Å². The molecule has 0 saturated heterocycles. The number of nitrogens with zero attached hydrogens (tertiary/aromatic N) is 2. The van der Waals surface area contributed by atoms with Crippen molar-refractivity contribution in [2.24, 2.45) is 0 Å². The molecule has 0 bridgehead atoms. The molecule has 10 heteroatoms. The highest BCUT2D eigenvalue weighted by atomic mass is 35.5. The van der Waals surface area contributed by atoms with Crippen LogP contribution in [0.4, 0.5) is 4.39 Å². The molecule has 0 spiro atoms. The van der Waals surface area contributed by atoms with Crippen LogP contribution in [0.5, 0.6) is 0 Å². The van der Waals surface area contributed by atoms with Gasteiger partial charge >= 0.3 is 0 Å². The van der Waals surface area contributed by atoms with Gasteiger partial charge in [0.15, 0.2) is 0 Å². The van der Waals surface area contributed by atoms with Crippen molar-refractivity contribution < 1.29 is 22.4 Å². The highest BCUT2D eigenvalue weighted by Crippen LogP contribution is 2.20. The van der Waals surface area contributed by atoms with Gasteiger partial charge in [0.25, 0.3) is 0 Å². The monoisotopic (exact) mass is 545 g/mol. The van der Waals surface area contributed by atoms with Gasteiger partial charge in [-0.3, -0.25) is 9.59 Å². The zero-order valence-corrected chi connectivity index (χ0v) is 22.2. The average Bonchev–Trinajstić information content (AvgIpc) is 2.88. The Morgan fingerprint density at radius 1 is 0.973 bits per heavy atom. The fraction of sp³-hybridized carbons (Fsp3) is 0.259. The molecule has 3 rings (SSSR count). The molecular formula is C27H29ClFN3O4S. The summed E-state index contributed by atoms with van der Waals surface area (Å²) in [5.41, 5.74) is 1.01. The highest BCUT2D eigenvalue weighted by molar-refractivity contribution is 7.89. The summed E-state index contributed by atoms with van der Waals surface area (Å²) in [4.78, 5) is 28.0. The molecule has 37 heavy (non-hydrogen) atoms. The Labute approximate surface area is 221 Å². The second kappa shape index (κ2) is 12.8. The van der Waals surface area contributed by atoms with E-state index in [0.717, 1.165) is 9.87 Å². The van der Waals surface area contributed by atoms with Gasteiger partial charge in [-0.05, 0) is 42.8 Å². The van der Waals surface area contributed by atoms with Crippen LogP contribution in [0.3, 0.4) is 0 Å². The maximum absolute atomic E-state index is 14.6. The van der Waals surface area contributed by atoms with Crippen molar-refractivity contribution in [3.8, 4) is 0 Å². The number of sulfonamides is 1. The quantitative estimate of drug-likeness (QED) is 0.396. The average molecular weight is 546 g/mol. The number of hydrogen-bond donors (Lipinski definition) is 1. The molecule has 0 aliphatic rings. The maximum atomic E-state index is 14.6. The Kier molecular flexibility index (Phi) is 9.79. The van der Waals surface area contributed by atoms with E-state index in [1.165, 1.54) is 54.4 Å². The zero-order chi connectivity index (χ0) is 27.0. The minimum Gasteiger partial charge on any atom is -0.355 e. The van der Waals surface area contributed by atoms with Gasteiger partial charge in [-0.2, -0.15) is 4.31 Å². The Hall–Kier alpha value is -3.27. The summed E-state index contributed by atoms with van der Waals surface area (Å²) in [6.07, 6.45) is 0.167. The Balaban J connectivity index is 1.96. The molecule has 196 valence electrons. The number of halogens is 2. The third-order valence-electron chi connectivity index (χ3n) is 5.80. The lowest BCUT2D eigenvalue weighted by atomic mass is 10.0. The van der Waals surface area contributed by atoms with Crippen LogP contribution < -0.4 is 5.32 Å². The van der Waals surface area contributed by atoms with Crippen LogP contribution in [0.2, 0.25) is 5.02 Å². The van der Waals surface area contributed by atoms with Crippen molar-refractivity contribution in [1.82, 2.24) is 14.5 Å². The minimum absolute atomic E-state index is 0.0302. The predicted molar refractivity (Wildman–Crippen MR) is 141 cm³/mol. The van der Waals surface area contributed by atoms with Crippen LogP contribution >= 0.6 is 11.6 Å². The van der Waals surface area contributed by atoms with E-state index in [4.69, 9.17) is 11.6 Å². The molecule has 3 aromatic rings. The molecule has 0 aliphatic heterocycles. The lowest BCUT2D eigenvalue weighted by Gasteiger charge is -2.32. The van der Waals surface area contributed by atoms with Crippen molar-refractivity contribution in [1.29, 1.82) is 0 Å². The lowest BCUT2D eigenvalue weighted by molar-refractivity contribution is -0.141. The third kappa shape index (κ3) is 7.38. The van der Waals surface area contributed by atoms with Gasteiger partial charge in [-0.15, -0.1) is 0 Å². The van der Waals surface area contributed by atoms with Crippen molar-refractivity contribution >= 4 is 33.4 Å². The SMILES string of the molecule is CCNC(=O)[C@H](Cc1ccccc1)N(Cc1ccccc1F)C(=O)CN(C)S(=O)(=O)c1ccc(Cl)cc1. The molecule has 0 aromatic heterocycles. The summed E-state index contributed by atoms with van der Waals surface area (Å²) >= 11 is 5.88. The number of carbonyl (C=O) groups excluding carboxylic acids is 2. The molecule has 1 N–H and O–H groups in total. The van der Waals surface area contributed by atoms with Crippen LogP contribution in [-0.4, -0.2) is 55.6 Å². The lowest BCUT2D eigenvalue weighted by Crippen LogP contribution is -2.53. The van der Waals surface area contributed by atoms with E-state index in [2.05, 4.69) is 5.32 Å². The van der Waals surface area contributed by atoms with Crippen molar-refractivity contribution in [3.05, 3.63) is 101 Å². The summed E-state index contributed by atoms with van der Waals surface area (Å²) in [6, 6.07) is 19.7. The fourth-order valence-electron chi connectivity index (χ4n) is 3.81. The van der Waals surface area contributed by atoms with Gasteiger partial charge in [0, 0.05) is 37.1 Å². The first-order valence-electron chi connectivity index (χ1n) is 11.7. The predicted octanol–water partition coefficient (Wildman–Crippen LogP) is 3.88. The normalized spacial score (nSPS) is 12.2. The first kappa shape index (κ1) is 28.3. The zero-order valence-electron chi connectivity index (χ0n) is 20.6. The standard InChI is InChI=1S/C27H29ClFN3O4S/c1-3-30-27(34)25(17-20-9-5-4-6-10-20)32(18-21-11-7-8-12-24(21)29)26(33)19-31(2)37(35,36)23-15-13-22(28)14-16-23/h4-16,25H,3,17-19H2,1-2H3,(H,30,34)/t25-/m0/s1. The molecule has 0 radical (unpaired) electrons. The van der Waals surface area contributed by atoms with Gasteiger partial charge in [-0.1, -0.05) is 60.1 Å². The molecule has 1 atom stereocenters. The Morgan fingerprint density at radius 2 is 1.59 bits per heavy atom. The molecular weight excluding hydrogens is 517 g/mol. The number of nitrogens with one attached hydrogen (secondary N) is 1. The van der Waals surface area contributed by atoms with Crippen LogP contribution in [0.25, 0.3) is 0 Å². The summed E-state index contributed by atoms with van der Waals surface area (Å²) in [5, 5.41) is 3.12. The van der Waals surface area contributed by atoms with Crippen LogP contribution in [0.15, 0.2) is 83.8 Å². The Morgan fingerprint density at radius 3 is 2.22 bits per heavy atom. The fourth-order valence-corrected chi connectivity index (χ4v) is 5.06. The second-order valence-corrected chi connectivity index (χ2v) is 10.9. The molecule has 2 amide bonds. The molecule has 0 heterocycles. The highest BCUT2D eigenvalue weighted by Gasteiger charge is 2.33. The van der Waals surface area contributed by atoms with Gasteiger partial charge in [0.05, 0.1) is 11.4 Å². The molecule has 7 nitrogen and oxygen atoms in total.